The van der Waals surface area contributed by atoms with Crippen molar-refractivity contribution in [1.29, 1.82) is 0 Å². The summed E-state index contributed by atoms with van der Waals surface area (Å²) in [6.45, 7) is 9.46. The van der Waals surface area contributed by atoms with Gasteiger partial charge in [-0.15, -0.1) is 0 Å². The summed E-state index contributed by atoms with van der Waals surface area (Å²) in [4.78, 5) is 14.4. The van der Waals surface area contributed by atoms with Crippen molar-refractivity contribution in [3.8, 4) is 67.5 Å². The van der Waals surface area contributed by atoms with Gasteiger partial charge in [0.2, 0.25) is 0 Å². The number of nitrogens with zero attached hydrogens (tertiary/aromatic N) is 3. The van der Waals surface area contributed by atoms with Gasteiger partial charge in [0.25, 0.3) is 0 Å². The average molecular weight is 703 g/mol. The van der Waals surface area contributed by atoms with Crippen LogP contribution in [0.5, 0.6) is 0 Å². The largest absolute Gasteiger partial charge is 0.208 e. The Kier molecular flexibility index (Phi) is 7.00. The number of hydrogen-bond acceptors (Lipinski definition) is 3. The van der Waals surface area contributed by atoms with Crippen molar-refractivity contribution >= 4 is 10.8 Å². The zero-order valence-corrected chi connectivity index (χ0v) is 31.0. The highest BCUT2D eigenvalue weighted by Crippen LogP contribution is 2.47. The van der Waals surface area contributed by atoms with Gasteiger partial charge in [0, 0.05) is 16.7 Å². The van der Waals surface area contributed by atoms with Crippen molar-refractivity contribution in [1.82, 2.24) is 15.0 Å². The second kappa shape index (κ2) is 13.3. The Balaban J connectivity index is 1.12. The Hall–Kier alpha value is -6.19. The van der Waals surface area contributed by atoms with E-state index < -0.39 is 18.1 Å². The van der Waals surface area contributed by atoms with E-state index in [9.17, 15) is 0 Å². The molecule has 0 spiro atoms. The molecule has 0 N–H and O–H groups in total. The summed E-state index contributed by atoms with van der Waals surface area (Å²) >= 11 is 0. The van der Waals surface area contributed by atoms with E-state index >= 15 is 0 Å². The predicted molar refractivity (Wildman–Crippen MR) is 225 cm³/mol. The molecule has 262 valence electrons. The fraction of sp³-hybridized carbons (Fsp3) is 0.157. The van der Waals surface area contributed by atoms with Crippen molar-refractivity contribution in [2.24, 2.45) is 0 Å². The normalized spacial score (nSPS) is 15.7. The average Bonchev–Trinajstić information content (AvgIpc) is 3.26. The van der Waals surface area contributed by atoms with Crippen molar-refractivity contribution in [2.45, 2.75) is 51.4 Å². The molecule has 8 aromatic rings. The molecule has 0 amide bonds. The zero-order valence-electron chi connectivity index (χ0n) is 36.0. The molecule has 0 unspecified atom stereocenters. The molecule has 0 radical (unpaired) electrons. The van der Waals surface area contributed by atoms with Crippen LogP contribution in [0.1, 0.15) is 58.5 Å². The van der Waals surface area contributed by atoms with Crippen molar-refractivity contribution in [3.05, 3.63) is 175 Å². The third-order valence-corrected chi connectivity index (χ3v) is 11.2. The monoisotopic (exact) mass is 702 g/mol. The molecular weight excluding hydrogens is 655 g/mol. The first kappa shape index (κ1) is 28.3. The third-order valence-electron chi connectivity index (χ3n) is 11.2. The Morgan fingerprint density at radius 1 is 0.407 bits per heavy atom. The summed E-state index contributed by atoms with van der Waals surface area (Å²) in [5.74, 6) is 0.666. The smallest absolute Gasteiger partial charge is 0.164 e. The van der Waals surface area contributed by atoms with Crippen LogP contribution < -0.4 is 0 Å². The second-order valence-electron chi connectivity index (χ2n) is 15.6. The third kappa shape index (κ3) is 6.20. The number of hydrogen-bond donors (Lipinski definition) is 0. The Morgan fingerprint density at radius 3 is 1.44 bits per heavy atom. The van der Waals surface area contributed by atoms with Gasteiger partial charge in [-0.1, -0.05) is 191 Å². The minimum absolute atomic E-state index is 0.00826. The second-order valence-corrected chi connectivity index (χ2v) is 15.6. The lowest BCUT2D eigenvalue weighted by atomic mass is 9.63. The highest BCUT2D eigenvalue weighted by atomic mass is 15.0. The van der Waals surface area contributed by atoms with Crippen molar-refractivity contribution < 1.29 is 6.85 Å². The molecule has 1 aliphatic carbocycles. The van der Waals surface area contributed by atoms with Crippen molar-refractivity contribution in [3.63, 3.8) is 0 Å². The first-order valence-corrected chi connectivity index (χ1v) is 18.6. The van der Waals surface area contributed by atoms with Crippen LogP contribution in [-0.4, -0.2) is 15.0 Å². The molecule has 0 saturated heterocycles. The molecule has 0 fully saturated rings. The van der Waals surface area contributed by atoms with E-state index in [1.165, 1.54) is 34.1 Å². The van der Waals surface area contributed by atoms with Gasteiger partial charge < -0.3 is 0 Å². The molecule has 0 saturated carbocycles. The summed E-state index contributed by atoms with van der Waals surface area (Å²) in [6, 6.07) is 43.9. The highest BCUT2D eigenvalue weighted by molar-refractivity contribution is 6.05. The molecule has 9 rings (SSSR count). The lowest BCUT2D eigenvalue weighted by Gasteiger charge is -2.42. The van der Waals surface area contributed by atoms with Crippen LogP contribution in [0, 0.1) is 0 Å². The Labute approximate surface area is 325 Å². The van der Waals surface area contributed by atoms with Gasteiger partial charge in [-0.05, 0) is 79.0 Å². The van der Waals surface area contributed by atoms with Gasteiger partial charge in [0.1, 0.15) is 0 Å². The number of fused-ring (bicyclic) bond motifs is 2. The molecule has 0 atom stereocenters. The van der Waals surface area contributed by atoms with Crippen LogP contribution in [0.15, 0.2) is 164 Å². The predicted octanol–water partition coefficient (Wildman–Crippen LogP) is 13.4. The maximum Gasteiger partial charge on any atom is 0.164 e. The maximum absolute atomic E-state index is 8.71. The van der Waals surface area contributed by atoms with Crippen LogP contribution in [0.25, 0.3) is 78.3 Å². The Morgan fingerprint density at radius 2 is 0.852 bits per heavy atom. The quantitative estimate of drug-likeness (QED) is 0.173. The van der Waals surface area contributed by atoms with Gasteiger partial charge in [-0.2, -0.15) is 0 Å². The summed E-state index contributed by atoms with van der Waals surface area (Å²) in [5.41, 5.74) is 11.2. The van der Waals surface area contributed by atoms with Gasteiger partial charge >= 0.3 is 0 Å². The fourth-order valence-corrected chi connectivity index (χ4v) is 7.91. The van der Waals surface area contributed by atoms with E-state index in [1.807, 2.05) is 66.7 Å². The maximum atomic E-state index is 8.71. The summed E-state index contributed by atoms with van der Waals surface area (Å²) in [7, 11) is 0. The molecule has 7 aromatic carbocycles. The van der Waals surface area contributed by atoms with Crippen LogP contribution in [0.4, 0.5) is 0 Å². The molecule has 0 aliphatic heterocycles. The van der Waals surface area contributed by atoms with Gasteiger partial charge in [0.15, 0.2) is 17.5 Å². The summed E-state index contributed by atoms with van der Waals surface area (Å²) in [6.07, 6.45) is 2.34. The standard InChI is InChI=1S/C51H43N3/c1-50(2)31-32-51(3,4)46-33-40(27-30-45(46)50)42-29-28-41(43-17-11-12-18-44(42)43)36-21-25-39(26-22-36)49-53-47(37-15-9-6-10-16-37)52-48(54-49)38-23-19-35(20-24-38)34-13-7-5-8-14-34/h5-30,33H,31-32H2,1-4H3/i6D,9D,10D,15D,16D. The van der Waals surface area contributed by atoms with Crippen molar-refractivity contribution in [2.75, 3.05) is 0 Å². The van der Waals surface area contributed by atoms with Gasteiger partial charge in [-0.25, -0.2) is 15.0 Å². The molecule has 54 heavy (non-hydrogen) atoms. The Bertz CT molecular complexity index is 2890. The molecule has 3 heteroatoms. The number of rotatable bonds is 6. The molecular formula is C51H43N3. The minimum Gasteiger partial charge on any atom is -0.208 e. The summed E-state index contributed by atoms with van der Waals surface area (Å²) in [5, 5.41) is 2.34. The van der Waals surface area contributed by atoms with Crippen LogP contribution in [0.3, 0.4) is 0 Å². The van der Waals surface area contributed by atoms with Crippen LogP contribution >= 0.6 is 0 Å². The SMILES string of the molecule is [2H]c1c([2H])c([2H])c(-c2nc(-c3ccc(-c4ccccc4)cc3)nc(-c3ccc(-c4ccc(-c5ccc6c(c5)C(C)(C)CCC6(C)C)c5ccccc45)cc3)n2)c([2H])c1[2H]. The minimum atomic E-state index is -0.471. The van der Waals surface area contributed by atoms with Crippen LogP contribution in [-0.2, 0) is 10.8 Å². The van der Waals surface area contributed by atoms with E-state index in [2.05, 4.69) is 94.4 Å². The molecule has 1 aromatic heterocycles. The van der Waals surface area contributed by atoms with E-state index in [0.717, 1.165) is 34.1 Å². The lowest BCUT2D eigenvalue weighted by molar-refractivity contribution is 0.332. The highest BCUT2D eigenvalue weighted by Gasteiger charge is 2.37. The molecule has 0 bridgehead atoms. The number of aromatic nitrogens is 3. The summed E-state index contributed by atoms with van der Waals surface area (Å²) < 4.78 is 42.2. The zero-order chi connectivity index (χ0) is 41.2. The molecule has 1 aliphatic rings. The topological polar surface area (TPSA) is 38.7 Å². The molecule has 3 nitrogen and oxygen atoms in total. The first-order chi connectivity index (χ1) is 28.3. The van der Waals surface area contributed by atoms with E-state index in [4.69, 9.17) is 21.8 Å². The lowest BCUT2D eigenvalue weighted by Crippen LogP contribution is -2.33. The first-order valence-electron chi connectivity index (χ1n) is 21.1. The molecule has 1 heterocycles. The number of benzene rings is 7. The van der Waals surface area contributed by atoms with E-state index in [1.54, 1.807) is 0 Å². The van der Waals surface area contributed by atoms with Gasteiger partial charge in [-0.3, -0.25) is 0 Å². The fourth-order valence-electron chi connectivity index (χ4n) is 7.91. The van der Waals surface area contributed by atoms with Gasteiger partial charge in [0.05, 0.1) is 6.85 Å². The van der Waals surface area contributed by atoms with E-state index in [-0.39, 0.29) is 34.3 Å². The van der Waals surface area contributed by atoms with E-state index in [0.29, 0.717) is 22.8 Å². The van der Waals surface area contributed by atoms with Crippen LogP contribution in [0.2, 0.25) is 0 Å².